The number of piperidine rings is 1. The van der Waals surface area contributed by atoms with Crippen LogP contribution in [0.2, 0.25) is 0 Å². The van der Waals surface area contributed by atoms with Gasteiger partial charge in [0.2, 0.25) is 5.91 Å². The van der Waals surface area contributed by atoms with Crippen molar-refractivity contribution in [2.75, 3.05) is 20.1 Å². The molecule has 0 aromatic carbocycles. The Morgan fingerprint density at radius 2 is 2.21 bits per heavy atom. The third-order valence-corrected chi connectivity index (χ3v) is 5.32. The molecule has 0 bridgehead atoms. The molecular weight excluding hydrogens is 238 g/mol. The Bertz CT molecular complexity index is 321. The lowest BCUT2D eigenvalue weighted by atomic mass is 9.77. The summed E-state index contributed by atoms with van der Waals surface area (Å²) in [4.78, 5) is 14.4. The maximum absolute atomic E-state index is 11.8. The molecule has 1 aliphatic heterocycles. The van der Waals surface area contributed by atoms with E-state index < -0.39 is 5.54 Å². The van der Waals surface area contributed by atoms with Crippen molar-refractivity contribution < 1.29 is 4.79 Å². The number of likely N-dealkylation sites (tertiary alicyclic amines) is 1. The Balaban J connectivity index is 2.02. The molecule has 0 aromatic rings. The van der Waals surface area contributed by atoms with Crippen LogP contribution in [0.1, 0.15) is 51.9 Å². The summed E-state index contributed by atoms with van der Waals surface area (Å²) in [7, 11) is 1.87. The van der Waals surface area contributed by atoms with E-state index in [2.05, 4.69) is 17.1 Å². The number of amides is 1. The third kappa shape index (κ3) is 3.11. The van der Waals surface area contributed by atoms with Gasteiger partial charge in [-0.15, -0.1) is 0 Å². The largest absolute Gasteiger partial charge is 0.368 e. The number of nitrogens with zero attached hydrogens (tertiary/aromatic N) is 1. The first-order chi connectivity index (χ1) is 9.11. The number of hydrogen-bond acceptors (Lipinski definition) is 3. The molecule has 1 amide bonds. The lowest BCUT2D eigenvalue weighted by Gasteiger charge is -2.45. The van der Waals surface area contributed by atoms with Crippen molar-refractivity contribution >= 4 is 5.91 Å². The van der Waals surface area contributed by atoms with Gasteiger partial charge in [0.25, 0.3) is 0 Å². The molecule has 19 heavy (non-hydrogen) atoms. The first-order valence-corrected chi connectivity index (χ1v) is 7.84. The van der Waals surface area contributed by atoms with Crippen LogP contribution in [0.3, 0.4) is 0 Å². The third-order valence-electron chi connectivity index (χ3n) is 5.32. The van der Waals surface area contributed by atoms with Crippen molar-refractivity contribution in [1.82, 2.24) is 10.2 Å². The average molecular weight is 267 g/mol. The van der Waals surface area contributed by atoms with Gasteiger partial charge in [-0.3, -0.25) is 4.79 Å². The predicted octanol–water partition coefficient (Wildman–Crippen LogP) is 1.49. The molecule has 3 N–H and O–H groups in total. The highest BCUT2D eigenvalue weighted by molar-refractivity contribution is 5.84. The lowest BCUT2D eigenvalue weighted by molar-refractivity contribution is -0.126. The summed E-state index contributed by atoms with van der Waals surface area (Å²) in [5.41, 5.74) is 5.17. The number of rotatable bonds is 4. The van der Waals surface area contributed by atoms with Gasteiger partial charge in [-0.25, -0.2) is 0 Å². The van der Waals surface area contributed by atoms with Crippen LogP contribution < -0.4 is 11.1 Å². The van der Waals surface area contributed by atoms with Gasteiger partial charge in [-0.1, -0.05) is 13.3 Å². The molecule has 2 fully saturated rings. The van der Waals surface area contributed by atoms with E-state index >= 15 is 0 Å². The zero-order valence-electron chi connectivity index (χ0n) is 12.5. The van der Waals surface area contributed by atoms with Crippen LogP contribution in [0.5, 0.6) is 0 Å². The highest BCUT2D eigenvalue weighted by Crippen LogP contribution is 2.33. The molecular formula is C15H29N3O. The zero-order chi connectivity index (χ0) is 13.9. The zero-order valence-corrected chi connectivity index (χ0v) is 12.5. The molecule has 4 heteroatoms. The van der Waals surface area contributed by atoms with E-state index in [0.29, 0.717) is 6.04 Å². The number of nitrogens with two attached hydrogens (primary N) is 1. The van der Waals surface area contributed by atoms with E-state index in [1.165, 1.54) is 38.8 Å². The summed E-state index contributed by atoms with van der Waals surface area (Å²) in [5.74, 6) is 0.664. The van der Waals surface area contributed by atoms with Crippen LogP contribution in [0, 0.1) is 5.92 Å². The van der Waals surface area contributed by atoms with Gasteiger partial charge in [0.05, 0.1) is 5.54 Å². The van der Waals surface area contributed by atoms with Crippen LogP contribution in [0.4, 0.5) is 0 Å². The standard InChI is InChI=1S/C15H29N3O/c1-3-12-6-5-9-18(11-12)13-7-4-8-15(10-13,17-2)14(16)19/h12-13,17H,3-11H2,1-2H3,(H2,16,19). The van der Waals surface area contributed by atoms with Crippen LogP contribution in [0.25, 0.3) is 0 Å². The second-order valence-corrected chi connectivity index (χ2v) is 6.36. The summed E-state index contributed by atoms with van der Waals surface area (Å²) in [5, 5.41) is 3.21. The summed E-state index contributed by atoms with van der Waals surface area (Å²) in [6, 6.07) is 0.531. The summed E-state index contributed by atoms with van der Waals surface area (Å²) in [6.45, 7) is 4.69. The predicted molar refractivity (Wildman–Crippen MR) is 77.8 cm³/mol. The maximum Gasteiger partial charge on any atom is 0.237 e. The SMILES string of the molecule is CCC1CCCN(C2CCCC(NC)(C(N)=O)C2)C1. The molecule has 1 aliphatic carbocycles. The Labute approximate surface area is 117 Å². The molecule has 4 nitrogen and oxygen atoms in total. The fraction of sp³-hybridized carbons (Fsp3) is 0.933. The Kier molecular flexibility index (Phi) is 4.85. The van der Waals surface area contributed by atoms with Crippen LogP contribution >= 0.6 is 0 Å². The Morgan fingerprint density at radius 3 is 2.84 bits per heavy atom. The minimum atomic E-state index is -0.470. The van der Waals surface area contributed by atoms with Crippen molar-refractivity contribution in [2.24, 2.45) is 11.7 Å². The summed E-state index contributed by atoms with van der Waals surface area (Å²) in [6.07, 6.45) is 8.03. The first kappa shape index (κ1) is 14.8. The van der Waals surface area contributed by atoms with E-state index in [9.17, 15) is 4.79 Å². The van der Waals surface area contributed by atoms with Gasteiger partial charge in [0.15, 0.2) is 0 Å². The Hall–Kier alpha value is -0.610. The fourth-order valence-corrected chi connectivity index (χ4v) is 3.89. The van der Waals surface area contributed by atoms with Crippen molar-refractivity contribution in [3.63, 3.8) is 0 Å². The van der Waals surface area contributed by atoms with Gasteiger partial charge in [-0.2, -0.15) is 0 Å². The van der Waals surface area contributed by atoms with Crippen molar-refractivity contribution in [3.8, 4) is 0 Å². The minimum Gasteiger partial charge on any atom is -0.368 e. The van der Waals surface area contributed by atoms with Gasteiger partial charge in [0, 0.05) is 12.6 Å². The molecule has 0 spiro atoms. The maximum atomic E-state index is 11.8. The molecule has 1 saturated carbocycles. The van der Waals surface area contributed by atoms with Crippen LogP contribution in [0.15, 0.2) is 0 Å². The number of nitrogens with one attached hydrogen (secondary N) is 1. The van der Waals surface area contributed by atoms with Crippen LogP contribution in [-0.4, -0.2) is 42.5 Å². The van der Waals surface area contributed by atoms with Gasteiger partial charge in [-0.05, 0) is 58.0 Å². The molecule has 0 aromatic heterocycles. The second-order valence-electron chi connectivity index (χ2n) is 6.36. The molecule has 0 radical (unpaired) electrons. The average Bonchev–Trinajstić information content (AvgIpc) is 2.47. The number of carbonyl (C=O) groups is 1. The van der Waals surface area contributed by atoms with Crippen molar-refractivity contribution in [2.45, 2.75) is 63.5 Å². The highest BCUT2D eigenvalue weighted by Gasteiger charge is 2.42. The molecule has 2 aliphatic rings. The topological polar surface area (TPSA) is 58.4 Å². The number of likely N-dealkylation sites (N-methyl/N-ethyl adjacent to an activating group) is 1. The van der Waals surface area contributed by atoms with Crippen molar-refractivity contribution in [3.05, 3.63) is 0 Å². The Morgan fingerprint density at radius 1 is 1.42 bits per heavy atom. The smallest absolute Gasteiger partial charge is 0.237 e. The normalized spacial score (nSPS) is 37.2. The van der Waals surface area contributed by atoms with Gasteiger partial charge >= 0.3 is 0 Å². The number of carbonyl (C=O) groups excluding carboxylic acids is 1. The molecule has 1 heterocycles. The monoisotopic (exact) mass is 267 g/mol. The minimum absolute atomic E-state index is 0.177. The van der Waals surface area contributed by atoms with E-state index in [1.807, 2.05) is 7.05 Å². The van der Waals surface area contributed by atoms with Crippen molar-refractivity contribution in [1.29, 1.82) is 0 Å². The summed E-state index contributed by atoms with van der Waals surface area (Å²) >= 11 is 0. The van der Waals surface area contributed by atoms with E-state index in [4.69, 9.17) is 5.73 Å². The highest BCUT2D eigenvalue weighted by atomic mass is 16.1. The van der Waals surface area contributed by atoms with E-state index in [0.717, 1.165) is 25.2 Å². The van der Waals surface area contributed by atoms with Gasteiger partial charge < -0.3 is 16.0 Å². The quantitative estimate of drug-likeness (QED) is 0.811. The lowest BCUT2D eigenvalue weighted by Crippen LogP contribution is -2.60. The van der Waals surface area contributed by atoms with E-state index in [-0.39, 0.29) is 5.91 Å². The molecule has 1 saturated heterocycles. The van der Waals surface area contributed by atoms with E-state index in [1.54, 1.807) is 0 Å². The number of hydrogen-bond donors (Lipinski definition) is 2. The molecule has 3 unspecified atom stereocenters. The molecule has 110 valence electrons. The first-order valence-electron chi connectivity index (χ1n) is 7.84. The fourth-order valence-electron chi connectivity index (χ4n) is 3.89. The van der Waals surface area contributed by atoms with Crippen LogP contribution in [-0.2, 0) is 4.79 Å². The molecule has 2 rings (SSSR count). The molecule has 3 atom stereocenters. The summed E-state index contributed by atoms with van der Waals surface area (Å²) < 4.78 is 0. The second kappa shape index (κ2) is 6.23. The number of primary amides is 1. The van der Waals surface area contributed by atoms with Gasteiger partial charge in [0.1, 0.15) is 0 Å².